The molecule has 1 aliphatic rings. The maximum atomic E-state index is 6.53. The first-order chi connectivity index (χ1) is 12.1. The lowest BCUT2D eigenvalue weighted by Crippen LogP contribution is -2.32. The highest BCUT2D eigenvalue weighted by molar-refractivity contribution is 9.10. The molecule has 0 bridgehead atoms. The van der Waals surface area contributed by atoms with E-state index in [1.54, 1.807) is 10.7 Å². The maximum Gasteiger partial charge on any atom is 0.173 e. The van der Waals surface area contributed by atoms with Crippen LogP contribution in [-0.4, -0.2) is 52.7 Å². The molecule has 0 spiro atoms. The highest BCUT2D eigenvalue weighted by Gasteiger charge is 2.29. The number of aromatic nitrogens is 3. The molecule has 0 radical (unpaired) electrons. The Hall–Kier alpha value is -2.12. The predicted molar refractivity (Wildman–Crippen MR) is 105 cm³/mol. The molecule has 3 aromatic rings. The normalized spacial score (nSPS) is 17.8. The number of nitrogens with zero attached hydrogens (tertiary/aromatic N) is 5. The van der Waals surface area contributed by atoms with Gasteiger partial charge in [-0.2, -0.15) is 9.61 Å². The SMILES string of the molecule is CN(C)[C@H]1CCN(c2nc3c(Br)cnn3c(N)c2-c2ccccc2)C1. The molecule has 2 aromatic heterocycles. The smallest absolute Gasteiger partial charge is 0.173 e. The number of rotatable bonds is 3. The molecular formula is C18H21BrN6. The Kier molecular flexibility index (Phi) is 4.13. The van der Waals surface area contributed by atoms with Gasteiger partial charge in [0.05, 0.1) is 16.2 Å². The van der Waals surface area contributed by atoms with Crippen LogP contribution < -0.4 is 10.6 Å². The lowest BCUT2D eigenvalue weighted by atomic mass is 10.1. The summed E-state index contributed by atoms with van der Waals surface area (Å²) in [5.74, 6) is 1.55. The van der Waals surface area contributed by atoms with Crippen LogP contribution in [0.4, 0.5) is 11.6 Å². The van der Waals surface area contributed by atoms with Gasteiger partial charge in [0.25, 0.3) is 0 Å². The molecular weight excluding hydrogens is 380 g/mol. The van der Waals surface area contributed by atoms with Crippen molar-refractivity contribution in [2.24, 2.45) is 0 Å². The van der Waals surface area contributed by atoms with E-state index in [1.165, 1.54) is 0 Å². The number of hydrogen-bond acceptors (Lipinski definition) is 5. The van der Waals surface area contributed by atoms with Gasteiger partial charge in [-0.1, -0.05) is 30.3 Å². The van der Waals surface area contributed by atoms with E-state index in [2.05, 4.69) is 57.1 Å². The molecule has 25 heavy (non-hydrogen) atoms. The van der Waals surface area contributed by atoms with Crippen LogP contribution in [0, 0.1) is 0 Å². The maximum absolute atomic E-state index is 6.53. The molecule has 1 fully saturated rings. The third-order valence-corrected chi connectivity index (χ3v) is 5.44. The summed E-state index contributed by atoms with van der Waals surface area (Å²) in [6.45, 7) is 1.91. The second-order valence-corrected chi connectivity index (χ2v) is 7.50. The van der Waals surface area contributed by atoms with Crippen LogP contribution >= 0.6 is 15.9 Å². The van der Waals surface area contributed by atoms with E-state index in [-0.39, 0.29) is 0 Å². The van der Waals surface area contributed by atoms with Gasteiger partial charge in [0.2, 0.25) is 0 Å². The molecule has 1 saturated heterocycles. The van der Waals surface area contributed by atoms with Crippen molar-refractivity contribution in [2.75, 3.05) is 37.8 Å². The van der Waals surface area contributed by atoms with Crippen molar-refractivity contribution in [3.63, 3.8) is 0 Å². The minimum absolute atomic E-state index is 0.524. The third kappa shape index (κ3) is 2.77. The van der Waals surface area contributed by atoms with E-state index in [4.69, 9.17) is 10.7 Å². The van der Waals surface area contributed by atoms with Gasteiger partial charge in [0.1, 0.15) is 11.6 Å². The molecule has 6 nitrogen and oxygen atoms in total. The molecule has 1 aromatic carbocycles. The Labute approximate surface area is 155 Å². The molecule has 4 rings (SSSR count). The summed E-state index contributed by atoms with van der Waals surface area (Å²) in [4.78, 5) is 9.54. The third-order valence-electron chi connectivity index (χ3n) is 4.88. The summed E-state index contributed by atoms with van der Waals surface area (Å²) in [5, 5.41) is 4.37. The first kappa shape index (κ1) is 16.4. The summed E-state index contributed by atoms with van der Waals surface area (Å²) in [7, 11) is 4.26. The van der Waals surface area contributed by atoms with Gasteiger partial charge >= 0.3 is 0 Å². The number of nitrogens with two attached hydrogens (primary N) is 1. The zero-order valence-corrected chi connectivity index (χ0v) is 15.9. The molecule has 3 heterocycles. The quantitative estimate of drug-likeness (QED) is 0.732. The molecule has 2 N–H and O–H groups in total. The van der Waals surface area contributed by atoms with Gasteiger partial charge in [-0.05, 0) is 42.0 Å². The van der Waals surface area contributed by atoms with E-state index >= 15 is 0 Å². The number of nitrogen functional groups attached to an aromatic ring is 1. The zero-order valence-electron chi connectivity index (χ0n) is 14.4. The fraction of sp³-hybridized carbons (Fsp3) is 0.333. The topological polar surface area (TPSA) is 62.7 Å². The van der Waals surface area contributed by atoms with Crippen molar-refractivity contribution in [2.45, 2.75) is 12.5 Å². The van der Waals surface area contributed by atoms with Crippen molar-refractivity contribution in [1.82, 2.24) is 19.5 Å². The summed E-state index contributed by atoms with van der Waals surface area (Å²) in [6, 6.07) is 10.7. The number of fused-ring (bicyclic) bond motifs is 1. The average molecular weight is 401 g/mol. The number of benzene rings is 1. The van der Waals surface area contributed by atoms with Crippen molar-refractivity contribution in [1.29, 1.82) is 0 Å². The van der Waals surface area contributed by atoms with Crippen LogP contribution in [0.15, 0.2) is 41.0 Å². The van der Waals surface area contributed by atoms with E-state index in [1.807, 2.05) is 18.2 Å². The molecule has 1 atom stereocenters. The summed E-state index contributed by atoms with van der Waals surface area (Å²) in [6.07, 6.45) is 2.86. The molecule has 1 aliphatic heterocycles. The second-order valence-electron chi connectivity index (χ2n) is 6.64. The van der Waals surface area contributed by atoms with Gasteiger partial charge < -0.3 is 15.5 Å². The molecule has 130 valence electrons. The summed E-state index contributed by atoms with van der Waals surface area (Å²) in [5.41, 5.74) is 9.29. The van der Waals surface area contributed by atoms with Crippen LogP contribution in [0.3, 0.4) is 0 Å². The lowest BCUT2D eigenvalue weighted by Gasteiger charge is -2.24. The van der Waals surface area contributed by atoms with E-state index in [0.29, 0.717) is 11.9 Å². The van der Waals surface area contributed by atoms with E-state index in [0.717, 1.165) is 46.6 Å². The zero-order chi connectivity index (χ0) is 17.6. The first-order valence-corrected chi connectivity index (χ1v) is 9.15. The van der Waals surface area contributed by atoms with Crippen molar-refractivity contribution in [3.05, 3.63) is 41.0 Å². The summed E-state index contributed by atoms with van der Waals surface area (Å²) >= 11 is 3.53. The minimum Gasteiger partial charge on any atom is -0.383 e. The van der Waals surface area contributed by atoms with Crippen LogP contribution in [0.1, 0.15) is 6.42 Å². The fourth-order valence-electron chi connectivity index (χ4n) is 3.44. The molecule has 7 heteroatoms. The number of halogens is 1. The van der Waals surface area contributed by atoms with E-state index in [9.17, 15) is 0 Å². The molecule has 0 unspecified atom stereocenters. The van der Waals surface area contributed by atoms with E-state index < -0.39 is 0 Å². The highest BCUT2D eigenvalue weighted by Crippen LogP contribution is 2.37. The van der Waals surface area contributed by atoms with Gasteiger partial charge in [0.15, 0.2) is 5.65 Å². The van der Waals surface area contributed by atoms with Gasteiger partial charge in [-0.25, -0.2) is 4.98 Å². The Balaban J connectivity index is 1.91. The van der Waals surface area contributed by atoms with Crippen LogP contribution in [0.5, 0.6) is 0 Å². The second kappa shape index (κ2) is 6.31. The Morgan fingerprint density at radius 2 is 2.00 bits per heavy atom. The van der Waals surface area contributed by atoms with Crippen molar-refractivity contribution >= 4 is 33.2 Å². The van der Waals surface area contributed by atoms with Crippen LogP contribution in [-0.2, 0) is 0 Å². The molecule has 0 saturated carbocycles. The fourth-order valence-corrected chi connectivity index (χ4v) is 3.79. The Morgan fingerprint density at radius 1 is 1.24 bits per heavy atom. The van der Waals surface area contributed by atoms with Gasteiger partial charge in [0, 0.05) is 19.1 Å². The predicted octanol–water partition coefficient (Wildman–Crippen LogP) is 2.88. The highest BCUT2D eigenvalue weighted by atomic mass is 79.9. The largest absolute Gasteiger partial charge is 0.383 e. The Bertz CT molecular complexity index is 905. The standard InChI is InChI=1S/C18H21BrN6/c1-23(2)13-8-9-24(11-13)18-15(12-6-4-3-5-7-12)16(20)25-17(22-18)14(19)10-21-25/h3-7,10,13H,8-9,11,20H2,1-2H3/t13-/m0/s1. The number of likely N-dealkylation sites (N-methyl/N-ethyl adjacent to an activating group) is 1. The summed E-state index contributed by atoms with van der Waals surface area (Å²) < 4.78 is 2.55. The number of hydrogen-bond donors (Lipinski definition) is 1. The molecule has 0 aliphatic carbocycles. The average Bonchev–Trinajstić information content (AvgIpc) is 3.23. The lowest BCUT2D eigenvalue weighted by molar-refractivity contribution is 0.315. The minimum atomic E-state index is 0.524. The first-order valence-electron chi connectivity index (χ1n) is 8.35. The van der Waals surface area contributed by atoms with Gasteiger partial charge in [-0.15, -0.1) is 0 Å². The Morgan fingerprint density at radius 3 is 2.68 bits per heavy atom. The number of anilines is 2. The monoisotopic (exact) mass is 400 g/mol. The van der Waals surface area contributed by atoms with Crippen molar-refractivity contribution < 1.29 is 0 Å². The van der Waals surface area contributed by atoms with Gasteiger partial charge in [-0.3, -0.25) is 0 Å². The van der Waals surface area contributed by atoms with Crippen LogP contribution in [0.2, 0.25) is 0 Å². The molecule has 0 amide bonds. The van der Waals surface area contributed by atoms with Crippen LogP contribution in [0.25, 0.3) is 16.8 Å². The van der Waals surface area contributed by atoms with Crippen molar-refractivity contribution in [3.8, 4) is 11.1 Å².